The van der Waals surface area contributed by atoms with Crippen molar-refractivity contribution < 1.29 is 23.9 Å². The van der Waals surface area contributed by atoms with Crippen LogP contribution in [0.3, 0.4) is 0 Å². The third kappa shape index (κ3) is 4.85. The first-order valence-corrected chi connectivity index (χ1v) is 14.4. The molecule has 1 fully saturated rings. The molecule has 6 rings (SSSR count). The summed E-state index contributed by atoms with van der Waals surface area (Å²) in [5, 5.41) is 7.68. The largest absolute Gasteiger partial charge is 0.465 e. The molecule has 4 atom stereocenters. The number of rotatable bonds is 5. The molecular weight excluding hydrogens is 599 g/mol. The fourth-order valence-corrected chi connectivity index (χ4v) is 6.99. The second-order valence-corrected chi connectivity index (χ2v) is 11.8. The number of piperidine rings is 1. The molecule has 0 saturated carbocycles. The van der Waals surface area contributed by atoms with Gasteiger partial charge in [0.1, 0.15) is 16.9 Å². The third-order valence-corrected chi connectivity index (χ3v) is 8.92. The number of fused-ring (bicyclic) bond motifs is 2. The highest BCUT2D eigenvalue weighted by Crippen LogP contribution is 2.58. The predicted octanol–water partition coefficient (Wildman–Crippen LogP) is 7.34. The van der Waals surface area contributed by atoms with Crippen molar-refractivity contribution in [2.24, 2.45) is 11.8 Å². The number of allylic oxidation sites excluding steroid dienone is 4. The van der Waals surface area contributed by atoms with Gasteiger partial charge in [0, 0.05) is 32.7 Å². The summed E-state index contributed by atoms with van der Waals surface area (Å²) >= 11 is 19.3. The Morgan fingerprint density at radius 3 is 2.43 bits per heavy atom. The molecule has 0 bridgehead atoms. The van der Waals surface area contributed by atoms with E-state index in [1.807, 2.05) is 24.3 Å². The van der Waals surface area contributed by atoms with Crippen LogP contribution in [0.1, 0.15) is 40.4 Å². The van der Waals surface area contributed by atoms with Crippen molar-refractivity contribution in [1.29, 1.82) is 0 Å². The summed E-state index contributed by atoms with van der Waals surface area (Å²) in [6.45, 7) is 0. The number of methoxy groups -OCH3 is 1. The third-order valence-electron chi connectivity index (χ3n) is 8.17. The number of hydrogen-bond acceptors (Lipinski definition) is 5. The Morgan fingerprint density at radius 2 is 1.69 bits per heavy atom. The predicted molar refractivity (Wildman–Crippen MR) is 161 cm³/mol. The Morgan fingerprint density at radius 1 is 0.952 bits per heavy atom. The van der Waals surface area contributed by atoms with E-state index in [1.54, 1.807) is 54.6 Å². The fraction of sp³-hybridized carbons (Fsp3) is 0.219. The average molecular weight is 624 g/mol. The lowest BCUT2D eigenvalue weighted by Crippen LogP contribution is -2.59. The minimum absolute atomic E-state index is 0.108. The van der Waals surface area contributed by atoms with E-state index < -0.39 is 23.3 Å². The van der Waals surface area contributed by atoms with Crippen LogP contribution in [0.25, 0.3) is 0 Å². The zero-order chi connectivity index (χ0) is 29.6. The SMILES string of the molecule is COC(=O)c1ccc(Oc2ccc(Cl)cc2[C@H]2NC(=O)C[C@@H](C3C=CC=C(Cl)C3)[C@]23C(=O)Nc2cc(Cl)ccc23)cc1. The summed E-state index contributed by atoms with van der Waals surface area (Å²) in [4.78, 5) is 39.7. The molecule has 10 heteroatoms. The minimum Gasteiger partial charge on any atom is -0.465 e. The van der Waals surface area contributed by atoms with Gasteiger partial charge in [-0.3, -0.25) is 9.59 Å². The van der Waals surface area contributed by atoms with Gasteiger partial charge >= 0.3 is 5.97 Å². The van der Waals surface area contributed by atoms with Crippen LogP contribution in [-0.4, -0.2) is 24.9 Å². The number of nitrogens with one attached hydrogen (secondary N) is 2. The fourth-order valence-electron chi connectivity index (χ4n) is 6.39. The molecule has 1 saturated heterocycles. The number of carbonyl (C=O) groups is 3. The lowest BCUT2D eigenvalue weighted by atomic mass is 9.57. The number of hydrogen-bond donors (Lipinski definition) is 2. The summed E-state index contributed by atoms with van der Waals surface area (Å²) in [5.74, 6) is -0.761. The van der Waals surface area contributed by atoms with E-state index >= 15 is 0 Å². The van der Waals surface area contributed by atoms with E-state index in [0.717, 1.165) is 5.56 Å². The molecule has 2 N–H and O–H groups in total. The first kappa shape index (κ1) is 28.3. The van der Waals surface area contributed by atoms with Gasteiger partial charge in [0.15, 0.2) is 0 Å². The van der Waals surface area contributed by atoms with Crippen LogP contribution < -0.4 is 15.4 Å². The number of halogens is 3. The van der Waals surface area contributed by atoms with Gasteiger partial charge in [0.2, 0.25) is 11.8 Å². The van der Waals surface area contributed by atoms with Crippen LogP contribution in [0.15, 0.2) is 83.9 Å². The highest BCUT2D eigenvalue weighted by molar-refractivity contribution is 6.31. The lowest BCUT2D eigenvalue weighted by Gasteiger charge is -2.49. The van der Waals surface area contributed by atoms with Crippen molar-refractivity contribution in [2.45, 2.75) is 24.3 Å². The molecule has 1 unspecified atom stereocenters. The standard InChI is InChI=1S/C32H25Cl3N2O5/c1-41-30(39)17-5-9-22(10-6-17)42-27-12-8-20(34)14-23(27)29-32(24-11-7-21(35)15-26(24)36-31(32)40)25(16-28(38)37-29)18-3-2-4-19(33)13-18/h2-12,14-15,18,25,29H,13,16H2,1H3,(H,36,40)(H,37,38)/t18?,25-,29+,32-/m0/s1. The molecule has 0 aromatic heterocycles. The zero-order valence-corrected chi connectivity index (χ0v) is 24.6. The zero-order valence-electron chi connectivity index (χ0n) is 22.3. The second kappa shape index (κ2) is 11.1. The van der Waals surface area contributed by atoms with E-state index in [1.165, 1.54) is 7.11 Å². The molecule has 1 aliphatic carbocycles. The first-order chi connectivity index (χ1) is 20.2. The minimum atomic E-state index is -1.24. The Hall–Kier alpha value is -3.78. The van der Waals surface area contributed by atoms with Crippen LogP contribution in [0.5, 0.6) is 11.5 Å². The normalized spacial score (nSPS) is 24.5. The van der Waals surface area contributed by atoms with Crippen LogP contribution in [-0.2, 0) is 19.7 Å². The number of ether oxygens (including phenoxy) is 2. The maximum atomic E-state index is 14.3. The molecule has 1 spiro atoms. The topological polar surface area (TPSA) is 93.7 Å². The molecule has 2 amide bonds. The van der Waals surface area contributed by atoms with Crippen LogP contribution in [0, 0.1) is 11.8 Å². The van der Waals surface area contributed by atoms with E-state index in [2.05, 4.69) is 10.6 Å². The van der Waals surface area contributed by atoms with Crippen molar-refractivity contribution in [1.82, 2.24) is 5.32 Å². The summed E-state index contributed by atoms with van der Waals surface area (Å²) < 4.78 is 11.1. The summed E-state index contributed by atoms with van der Waals surface area (Å²) in [7, 11) is 1.31. The van der Waals surface area contributed by atoms with Crippen molar-refractivity contribution in [2.75, 3.05) is 12.4 Å². The molecule has 3 aliphatic rings. The van der Waals surface area contributed by atoms with Gasteiger partial charge in [-0.05, 0) is 84.5 Å². The highest BCUT2D eigenvalue weighted by atomic mass is 35.5. The van der Waals surface area contributed by atoms with Crippen molar-refractivity contribution >= 4 is 58.3 Å². The molecule has 0 radical (unpaired) electrons. The number of carbonyl (C=O) groups excluding carboxylic acids is 3. The summed E-state index contributed by atoms with van der Waals surface area (Å²) in [5.41, 5.74) is 0.961. The first-order valence-electron chi connectivity index (χ1n) is 13.3. The maximum absolute atomic E-state index is 14.3. The number of amides is 2. The molecule has 3 aromatic rings. The van der Waals surface area contributed by atoms with Crippen molar-refractivity contribution in [3.63, 3.8) is 0 Å². The Labute approximate surface area is 257 Å². The van der Waals surface area contributed by atoms with E-state index in [4.69, 9.17) is 44.3 Å². The number of anilines is 1. The Kier molecular flexibility index (Phi) is 7.51. The smallest absolute Gasteiger partial charge is 0.337 e. The molecule has 7 nitrogen and oxygen atoms in total. The monoisotopic (exact) mass is 622 g/mol. The van der Waals surface area contributed by atoms with Crippen LogP contribution in [0.4, 0.5) is 5.69 Å². The van der Waals surface area contributed by atoms with E-state index in [9.17, 15) is 14.4 Å². The Bertz CT molecular complexity index is 1670. The van der Waals surface area contributed by atoms with E-state index in [0.29, 0.717) is 49.8 Å². The average Bonchev–Trinajstić information content (AvgIpc) is 3.25. The highest BCUT2D eigenvalue weighted by Gasteiger charge is 2.62. The van der Waals surface area contributed by atoms with Gasteiger partial charge in [-0.1, -0.05) is 53.0 Å². The van der Waals surface area contributed by atoms with Gasteiger partial charge in [-0.15, -0.1) is 0 Å². The van der Waals surface area contributed by atoms with Gasteiger partial charge in [0.25, 0.3) is 0 Å². The second-order valence-electron chi connectivity index (χ2n) is 10.5. The lowest BCUT2D eigenvalue weighted by molar-refractivity contribution is -0.135. The summed E-state index contributed by atoms with van der Waals surface area (Å²) in [6, 6.07) is 16.0. The number of benzene rings is 3. The van der Waals surface area contributed by atoms with Gasteiger partial charge < -0.3 is 20.1 Å². The van der Waals surface area contributed by atoms with Crippen molar-refractivity contribution in [3.05, 3.63) is 111 Å². The molecule has 3 aromatic carbocycles. The van der Waals surface area contributed by atoms with Gasteiger partial charge in [-0.2, -0.15) is 0 Å². The van der Waals surface area contributed by atoms with Crippen LogP contribution >= 0.6 is 34.8 Å². The van der Waals surface area contributed by atoms with Gasteiger partial charge in [0.05, 0.1) is 18.7 Å². The molecule has 2 heterocycles. The van der Waals surface area contributed by atoms with Gasteiger partial charge in [-0.25, -0.2) is 4.79 Å². The molecule has 42 heavy (non-hydrogen) atoms. The number of esters is 1. The van der Waals surface area contributed by atoms with Crippen molar-refractivity contribution in [3.8, 4) is 11.5 Å². The molecule has 2 aliphatic heterocycles. The van der Waals surface area contributed by atoms with E-state index in [-0.39, 0.29) is 24.2 Å². The molecule has 214 valence electrons. The van der Waals surface area contributed by atoms with Crippen LogP contribution in [0.2, 0.25) is 10.0 Å². The summed E-state index contributed by atoms with van der Waals surface area (Å²) in [6.07, 6.45) is 6.30. The quantitative estimate of drug-likeness (QED) is 0.290. The Balaban J connectivity index is 1.51. The maximum Gasteiger partial charge on any atom is 0.337 e. The molecular formula is C32H25Cl3N2O5.